The average Bonchev–Trinajstić information content (AvgIpc) is 2.73. The molecule has 1 unspecified atom stereocenters. The number of ether oxygens (including phenoxy) is 1. The zero-order valence-corrected chi connectivity index (χ0v) is 19.0. The monoisotopic (exact) mass is 448 g/mol. The van der Waals surface area contributed by atoms with E-state index in [1.54, 1.807) is 41.3 Å². The van der Waals surface area contributed by atoms with Crippen molar-refractivity contribution >= 4 is 23.4 Å². The zero-order valence-electron chi connectivity index (χ0n) is 18.2. The number of amides is 2. The molecule has 0 aromatic heterocycles. The van der Waals surface area contributed by atoms with Crippen LogP contribution in [0, 0.1) is 5.82 Å². The van der Waals surface area contributed by atoms with Gasteiger partial charge in [0.25, 0.3) is 0 Å². The van der Waals surface area contributed by atoms with Crippen molar-refractivity contribution in [3.05, 3.63) is 64.9 Å². The summed E-state index contributed by atoms with van der Waals surface area (Å²) < 4.78 is 18.9. The van der Waals surface area contributed by atoms with Crippen LogP contribution < -0.4 is 10.1 Å². The van der Waals surface area contributed by atoms with Gasteiger partial charge in [-0.3, -0.25) is 9.59 Å². The Hall–Kier alpha value is -2.60. The second-order valence-electron chi connectivity index (χ2n) is 7.64. The van der Waals surface area contributed by atoms with Crippen molar-refractivity contribution in [2.24, 2.45) is 0 Å². The van der Waals surface area contributed by atoms with Crippen molar-refractivity contribution in [1.29, 1.82) is 0 Å². The molecule has 7 heteroatoms. The van der Waals surface area contributed by atoms with Crippen molar-refractivity contribution in [3.63, 3.8) is 0 Å². The minimum Gasteiger partial charge on any atom is -0.494 e. The molecule has 2 aromatic carbocycles. The summed E-state index contributed by atoms with van der Waals surface area (Å²) in [4.78, 5) is 27.4. The summed E-state index contributed by atoms with van der Waals surface area (Å²) in [5.41, 5.74) is 0.767. The van der Waals surface area contributed by atoms with Gasteiger partial charge >= 0.3 is 0 Å². The molecule has 2 rings (SSSR count). The van der Waals surface area contributed by atoms with Crippen LogP contribution in [0.5, 0.6) is 5.75 Å². The van der Waals surface area contributed by atoms with Gasteiger partial charge in [-0.15, -0.1) is 0 Å². The first-order valence-corrected chi connectivity index (χ1v) is 10.9. The number of halogens is 2. The van der Waals surface area contributed by atoms with Gasteiger partial charge in [-0.2, -0.15) is 0 Å². The van der Waals surface area contributed by atoms with Crippen LogP contribution in [0.25, 0.3) is 0 Å². The molecule has 0 saturated heterocycles. The molecule has 2 aromatic rings. The van der Waals surface area contributed by atoms with Gasteiger partial charge in [0.05, 0.1) is 6.61 Å². The molecule has 0 fully saturated rings. The van der Waals surface area contributed by atoms with E-state index in [1.807, 2.05) is 20.8 Å². The Morgan fingerprint density at radius 1 is 1.10 bits per heavy atom. The first-order valence-electron chi connectivity index (χ1n) is 10.5. The standard InChI is InChI=1S/C24H30ClFN2O3/c1-4-22(24(30)27-17(2)3)28(16-18-7-11-20(26)12-8-18)23(29)6-5-15-31-21-13-9-19(25)10-14-21/h7-14,17,22H,4-6,15-16H2,1-3H3,(H,27,30). The van der Waals surface area contributed by atoms with E-state index < -0.39 is 6.04 Å². The van der Waals surface area contributed by atoms with Crippen molar-refractivity contribution in [3.8, 4) is 5.75 Å². The predicted octanol–water partition coefficient (Wildman–Crippen LogP) is 4.97. The van der Waals surface area contributed by atoms with E-state index >= 15 is 0 Å². The maximum absolute atomic E-state index is 13.3. The van der Waals surface area contributed by atoms with Crippen molar-refractivity contribution in [2.45, 2.75) is 58.7 Å². The number of nitrogens with zero attached hydrogens (tertiary/aromatic N) is 1. The van der Waals surface area contributed by atoms with Crippen LogP contribution in [-0.4, -0.2) is 35.4 Å². The Morgan fingerprint density at radius 2 is 1.74 bits per heavy atom. The molecule has 0 heterocycles. The van der Waals surface area contributed by atoms with Gasteiger partial charge < -0.3 is 15.0 Å². The molecular formula is C24H30ClFN2O3. The third-order valence-corrected chi connectivity index (χ3v) is 4.95. The maximum atomic E-state index is 13.3. The van der Waals surface area contributed by atoms with E-state index in [0.29, 0.717) is 30.2 Å². The molecule has 0 aliphatic heterocycles. The van der Waals surface area contributed by atoms with Gasteiger partial charge in [0.2, 0.25) is 11.8 Å². The fourth-order valence-corrected chi connectivity index (χ4v) is 3.30. The van der Waals surface area contributed by atoms with Gasteiger partial charge in [0, 0.05) is 24.0 Å². The lowest BCUT2D eigenvalue weighted by molar-refractivity contribution is -0.141. The Balaban J connectivity index is 2.04. The Kier molecular flexibility index (Phi) is 9.79. The summed E-state index contributed by atoms with van der Waals surface area (Å²) >= 11 is 5.87. The quantitative estimate of drug-likeness (QED) is 0.494. The minimum absolute atomic E-state index is 0.0305. The SMILES string of the molecule is CCC(C(=O)NC(C)C)N(Cc1ccc(F)cc1)C(=O)CCCOc1ccc(Cl)cc1. The van der Waals surface area contributed by atoms with E-state index in [-0.39, 0.29) is 36.6 Å². The molecule has 0 saturated carbocycles. The summed E-state index contributed by atoms with van der Waals surface area (Å²) in [6.07, 6.45) is 1.22. The summed E-state index contributed by atoms with van der Waals surface area (Å²) in [5, 5.41) is 3.52. The Labute approximate surface area is 188 Å². The van der Waals surface area contributed by atoms with Crippen LogP contribution in [0.4, 0.5) is 4.39 Å². The molecule has 1 N–H and O–H groups in total. The second kappa shape index (κ2) is 12.3. The Bertz CT molecular complexity index is 841. The normalized spacial score (nSPS) is 11.8. The first kappa shape index (κ1) is 24.7. The lowest BCUT2D eigenvalue weighted by Gasteiger charge is -2.31. The molecule has 31 heavy (non-hydrogen) atoms. The summed E-state index contributed by atoms with van der Waals surface area (Å²) in [6.45, 7) is 6.24. The van der Waals surface area contributed by atoms with E-state index in [2.05, 4.69) is 5.32 Å². The topological polar surface area (TPSA) is 58.6 Å². The van der Waals surface area contributed by atoms with Gasteiger partial charge in [-0.1, -0.05) is 30.7 Å². The van der Waals surface area contributed by atoms with E-state index in [9.17, 15) is 14.0 Å². The third kappa shape index (κ3) is 8.21. The molecule has 0 bridgehead atoms. The van der Waals surface area contributed by atoms with Gasteiger partial charge in [0.1, 0.15) is 17.6 Å². The fraction of sp³-hybridized carbons (Fsp3) is 0.417. The number of rotatable bonds is 11. The number of hydrogen-bond acceptors (Lipinski definition) is 3. The largest absolute Gasteiger partial charge is 0.494 e. The molecule has 0 aliphatic carbocycles. The predicted molar refractivity (Wildman–Crippen MR) is 120 cm³/mol. The van der Waals surface area contributed by atoms with Crippen LogP contribution >= 0.6 is 11.6 Å². The van der Waals surface area contributed by atoms with Crippen molar-refractivity contribution < 1.29 is 18.7 Å². The van der Waals surface area contributed by atoms with E-state index in [0.717, 1.165) is 5.56 Å². The molecule has 0 radical (unpaired) electrons. The third-order valence-electron chi connectivity index (χ3n) is 4.70. The molecule has 2 amide bonds. The molecular weight excluding hydrogens is 419 g/mol. The van der Waals surface area contributed by atoms with Gasteiger partial charge in [-0.25, -0.2) is 4.39 Å². The van der Waals surface area contributed by atoms with Crippen molar-refractivity contribution in [2.75, 3.05) is 6.61 Å². The zero-order chi connectivity index (χ0) is 22.8. The smallest absolute Gasteiger partial charge is 0.243 e. The van der Waals surface area contributed by atoms with Crippen LogP contribution in [0.15, 0.2) is 48.5 Å². The lowest BCUT2D eigenvalue weighted by Crippen LogP contribution is -2.50. The number of benzene rings is 2. The fourth-order valence-electron chi connectivity index (χ4n) is 3.17. The van der Waals surface area contributed by atoms with Gasteiger partial charge in [-0.05, 0) is 68.7 Å². The minimum atomic E-state index is -0.600. The highest BCUT2D eigenvalue weighted by atomic mass is 35.5. The van der Waals surface area contributed by atoms with E-state index in [1.165, 1.54) is 12.1 Å². The van der Waals surface area contributed by atoms with Gasteiger partial charge in [0.15, 0.2) is 0 Å². The molecule has 0 spiro atoms. The van der Waals surface area contributed by atoms with Crippen LogP contribution in [0.3, 0.4) is 0 Å². The summed E-state index contributed by atoms with van der Waals surface area (Å²) in [5.74, 6) is 0.00786. The highest BCUT2D eigenvalue weighted by molar-refractivity contribution is 6.30. The maximum Gasteiger partial charge on any atom is 0.243 e. The molecule has 0 aliphatic rings. The number of nitrogens with one attached hydrogen (secondary N) is 1. The number of hydrogen-bond donors (Lipinski definition) is 1. The molecule has 5 nitrogen and oxygen atoms in total. The second-order valence-corrected chi connectivity index (χ2v) is 8.08. The Morgan fingerprint density at radius 3 is 2.32 bits per heavy atom. The summed E-state index contributed by atoms with van der Waals surface area (Å²) in [6, 6.07) is 12.4. The van der Waals surface area contributed by atoms with Crippen LogP contribution in [0.2, 0.25) is 5.02 Å². The first-order chi connectivity index (χ1) is 14.8. The highest BCUT2D eigenvalue weighted by Gasteiger charge is 2.28. The highest BCUT2D eigenvalue weighted by Crippen LogP contribution is 2.17. The number of carbonyl (C=O) groups excluding carboxylic acids is 2. The van der Waals surface area contributed by atoms with Crippen molar-refractivity contribution in [1.82, 2.24) is 10.2 Å². The van der Waals surface area contributed by atoms with Crippen LogP contribution in [-0.2, 0) is 16.1 Å². The molecule has 168 valence electrons. The summed E-state index contributed by atoms with van der Waals surface area (Å²) in [7, 11) is 0. The number of carbonyl (C=O) groups is 2. The van der Waals surface area contributed by atoms with Crippen LogP contribution in [0.1, 0.15) is 45.6 Å². The van der Waals surface area contributed by atoms with E-state index in [4.69, 9.17) is 16.3 Å². The average molecular weight is 449 g/mol. The molecule has 1 atom stereocenters. The lowest BCUT2D eigenvalue weighted by atomic mass is 10.1.